The van der Waals surface area contributed by atoms with Crippen LogP contribution in [0.4, 0.5) is 17.6 Å². The Kier molecular flexibility index (Phi) is 6.14. The molecule has 0 aliphatic heterocycles. The minimum absolute atomic E-state index is 0.0545. The molecule has 0 heterocycles. The van der Waals surface area contributed by atoms with Gasteiger partial charge in [0.05, 0.1) is 26.9 Å². The molecular formula is C18H17F4NO4. The van der Waals surface area contributed by atoms with Crippen LogP contribution in [0, 0.1) is 5.82 Å². The number of hydrogen-bond acceptors (Lipinski definition) is 4. The lowest BCUT2D eigenvalue weighted by atomic mass is 10.1. The second kappa shape index (κ2) is 8.15. The fourth-order valence-electron chi connectivity index (χ4n) is 2.39. The Labute approximate surface area is 152 Å². The number of alkyl halides is 3. The molecule has 0 aromatic heterocycles. The lowest BCUT2D eigenvalue weighted by Gasteiger charge is -2.15. The zero-order chi connectivity index (χ0) is 20.2. The lowest BCUT2D eigenvalue weighted by molar-refractivity contribution is -0.140. The number of ether oxygens (including phenoxy) is 3. The Morgan fingerprint density at radius 3 is 2.11 bits per heavy atom. The molecule has 27 heavy (non-hydrogen) atoms. The summed E-state index contributed by atoms with van der Waals surface area (Å²) in [5.41, 5.74) is -1.30. The van der Waals surface area contributed by atoms with Crippen molar-refractivity contribution in [2.75, 3.05) is 21.3 Å². The van der Waals surface area contributed by atoms with E-state index in [4.69, 9.17) is 14.2 Å². The SMILES string of the molecule is COc1cc(OC)c(OC)cc1CNC(=O)c1ccc(F)c(C(F)(F)F)c1. The van der Waals surface area contributed by atoms with Gasteiger partial charge in [-0.15, -0.1) is 0 Å². The van der Waals surface area contributed by atoms with Crippen LogP contribution in [0.25, 0.3) is 0 Å². The molecule has 0 atom stereocenters. The van der Waals surface area contributed by atoms with E-state index in [2.05, 4.69) is 5.32 Å². The summed E-state index contributed by atoms with van der Waals surface area (Å²) in [6.45, 7) is -0.0545. The minimum atomic E-state index is -4.90. The van der Waals surface area contributed by atoms with Crippen molar-refractivity contribution < 1.29 is 36.6 Å². The smallest absolute Gasteiger partial charge is 0.419 e. The van der Waals surface area contributed by atoms with E-state index in [0.717, 1.165) is 6.07 Å². The number of amides is 1. The third kappa shape index (κ3) is 4.60. The number of carbonyl (C=O) groups excluding carboxylic acids is 1. The predicted molar refractivity (Wildman–Crippen MR) is 88.7 cm³/mol. The summed E-state index contributed by atoms with van der Waals surface area (Å²) in [5.74, 6) is -1.04. The van der Waals surface area contributed by atoms with Crippen LogP contribution in [0.5, 0.6) is 17.2 Å². The third-order valence-electron chi connectivity index (χ3n) is 3.76. The molecule has 2 rings (SSSR count). The highest BCUT2D eigenvalue weighted by Crippen LogP contribution is 2.35. The summed E-state index contributed by atoms with van der Waals surface area (Å²) < 4.78 is 67.2. The van der Waals surface area contributed by atoms with Crippen molar-refractivity contribution in [3.05, 3.63) is 52.8 Å². The van der Waals surface area contributed by atoms with Crippen LogP contribution < -0.4 is 19.5 Å². The van der Waals surface area contributed by atoms with Gasteiger partial charge in [0.15, 0.2) is 11.5 Å². The molecular weight excluding hydrogens is 370 g/mol. The van der Waals surface area contributed by atoms with E-state index in [1.807, 2.05) is 0 Å². The number of benzene rings is 2. The Morgan fingerprint density at radius 1 is 0.963 bits per heavy atom. The number of carbonyl (C=O) groups is 1. The first kappa shape index (κ1) is 20.3. The van der Waals surface area contributed by atoms with Gasteiger partial charge < -0.3 is 19.5 Å². The second-order valence-corrected chi connectivity index (χ2v) is 5.39. The fraction of sp³-hybridized carbons (Fsp3) is 0.278. The first-order valence-corrected chi connectivity index (χ1v) is 7.65. The summed E-state index contributed by atoms with van der Waals surface area (Å²) >= 11 is 0. The molecule has 0 spiro atoms. The molecule has 146 valence electrons. The van der Waals surface area contributed by atoms with Crippen molar-refractivity contribution in [2.45, 2.75) is 12.7 Å². The second-order valence-electron chi connectivity index (χ2n) is 5.39. The number of methoxy groups -OCH3 is 3. The van der Waals surface area contributed by atoms with Crippen LogP contribution in [0.15, 0.2) is 30.3 Å². The highest BCUT2D eigenvalue weighted by molar-refractivity contribution is 5.94. The summed E-state index contributed by atoms with van der Waals surface area (Å²) in [7, 11) is 4.30. The molecule has 0 saturated heterocycles. The van der Waals surface area contributed by atoms with E-state index in [-0.39, 0.29) is 12.1 Å². The zero-order valence-electron chi connectivity index (χ0n) is 14.7. The Hall–Kier alpha value is -2.97. The van der Waals surface area contributed by atoms with Crippen molar-refractivity contribution in [3.63, 3.8) is 0 Å². The largest absolute Gasteiger partial charge is 0.496 e. The molecule has 0 unspecified atom stereocenters. The van der Waals surface area contributed by atoms with Gasteiger partial charge in [-0.1, -0.05) is 0 Å². The summed E-state index contributed by atoms with van der Waals surface area (Å²) in [5, 5.41) is 2.47. The van der Waals surface area contributed by atoms with E-state index < -0.39 is 23.5 Å². The Morgan fingerprint density at radius 2 is 1.56 bits per heavy atom. The number of nitrogens with one attached hydrogen (secondary N) is 1. The van der Waals surface area contributed by atoms with E-state index in [1.54, 1.807) is 12.1 Å². The van der Waals surface area contributed by atoms with Crippen molar-refractivity contribution in [1.29, 1.82) is 0 Å². The Balaban J connectivity index is 2.23. The monoisotopic (exact) mass is 387 g/mol. The van der Waals surface area contributed by atoms with Gasteiger partial charge in [0.25, 0.3) is 5.91 Å². The molecule has 9 heteroatoms. The van der Waals surface area contributed by atoms with E-state index in [9.17, 15) is 22.4 Å². The quantitative estimate of drug-likeness (QED) is 0.766. The molecule has 0 aliphatic rings. The first-order chi connectivity index (χ1) is 12.7. The van der Waals surface area contributed by atoms with E-state index >= 15 is 0 Å². The van der Waals surface area contributed by atoms with Gasteiger partial charge in [-0.3, -0.25) is 4.79 Å². The van der Waals surface area contributed by atoms with Crippen molar-refractivity contribution >= 4 is 5.91 Å². The van der Waals surface area contributed by atoms with E-state index in [0.29, 0.717) is 34.9 Å². The maximum atomic E-state index is 13.3. The zero-order valence-corrected chi connectivity index (χ0v) is 14.7. The van der Waals surface area contributed by atoms with Crippen LogP contribution in [-0.2, 0) is 12.7 Å². The maximum absolute atomic E-state index is 13.3. The number of hydrogen-bond donors (Lipinski definition) is 1. The molecule has 0 radical (unpaired) electrons. The molecule has 1 amide bonds. The highest BCUT2D eigenvalue weighted by Gasteiger charge is 2.34. The molecule has 5 nitrogen and oxygen atoms in total. The molecule has 2 aromatic rings. The molecule has 1 N–H and O–H groups in total. The van der Waals surface area contributed by atoms with Crippen LogP contribution in [0.2, 0.25) is 0 Å². The lowest BCUT2D eigenvalue weighted by Crippen LogP contribution is -2.24. The molecule has 2 aromatic carbocycles. The van der Waals surface area contributed by atoms with Gasteiger partial charge in [0.1, 0.15) is 11.6 Å². The Bertz CT molecular complexity index is 837. The topological polar surface area (TPSA) is 56.8 Å². The summed E-state index contributed by atoms with van der Waals surface area (Å²) in [6.07, 6.45) is -4.90. The summed E-state index contributed by atoms with van der Waals surface area (Å²) in [4.78, 5) is 12.2. The fourth-order valence-corrected chi connectivity index (χ4v) is 2.39. The van der Waals surface area contributed by atoms with Gasteiger partial charge in [0.2, 0.25) is 0 Å². The van der Waals surface area contributed by atoms with E-state index in [1.165, 1.54) is 21.3 Å². The average Bonchev–Trinajstić information content (AvgIpc) is 2.64. The maximum Gasteiger partial charge on any atom is 0.419 e. The molecule has 0 fully saturated rings. The van der Waals surface area contributed by atoms with Crippen LogP contribution in [-0.4, -0.2) is 27.2 Å². The number of rotatable bonds is 6. The van der Waals surface area contributed by atoms with Gasteiger partial charge in [-0.2, -0.15) is 13.2 Å². The van der Waals surface area contributed by atoms with Crippen molar-refractivity contribution in [3.8, 4) is 17.2 Å². The molecule has 0 aliphatic carbocycles. The van der Waals surface area contributed by atoms with Crippen molar-refractivity contribution in [1.82, 2.24) is 5.32 Å². The predicted octanol–water partition coefficient (Wildman–Crippen LogP) is 3.80. The summed E-state index contributed by atoms with van der Waals surface area (Å²) in [6, 6.07) is 5.18. The normalized spacial score (nSPS) is 11.1. The van der Waals surface area contributed by atoms with Crippen molar-refractivity contribution in [2.24, 2.45) is 0 Å². The first-order valence-electron chi connectivity index (χ1n) is 7.65. The molecule has 0 saturated carbocycles. The van der Waals surface area contributed by atoms with Crippen LogP contribution >= 0.6 is 0 Å². The van der Waals surface area contributed by atoms with Crippen LogP contribution in [0.3, 0.4) is 0 Å². The van der Waals surface area contributed by atoms with Gasteiger partial charge >= 0.3 is 6.18 Å². The average molecular weight is 387 g/mol. The van der Waals surface area contributed by atoms with Gasteiger partial charge in [-0.05, 0) is 24.3 Å². The van der Waals surface area contributed by atoms with Crippen LogP contribution in [0.1, 0.15) is 21.5 Å². The highest BCUT2D eigenvalue weighted by atomic mass is 19.4. The van der Waals surface area contributed by atoms with Gasteiger partial charge in [-0.25, -0.2) is 4.39 Å². The molecule has 0 bridgehead atoms. The minimum Gasteiger partial charge on any atom is -0.496 e. The van der Waals surface area contributed by atoms with Gasteiger partial charge in [0, 0.05) is 23.7 Å². The third-order valence-corrected chi connectivity index (χ3v) is 3.76. The number of halogens is 4. The standard InChI is InChI=1S/C18H17F4NO4/c1-25-14-8-16(27-3)15(26-2)7-11(14)9-23-17(24)10-4-5-13(19)12(6-10)18(20,21)22/h4-8H,9H2,1-3H3,(H,23,24).